The lowest BCUT2D eigenvalue weighted by Gasteiger charge is -2.36. The first-order chi connectivity index (χ1) is 22.5. The van der Waals surface area contributed by atoms with Gasteiger partial charge in [0, 0.05) is 17.3 Å². The van der Waals surface area contributed by atoms with E-state index < -0.39 is 0 Å². The summed E-state index contributed by atoms with van der Waals surface area (Å²) >= 11 is 0. The van der Waals surface area contributed by atoms with Crippen molar-refractivity contribution in [1.82, 2.24) is 5.32 Å². The molecule has 2 atom stereocenters. The highest BCUT2D eigenvalue weighted by atomic mass is 15.2. The van der Waals surface area contributed by atoms with Crippen molar-refractivity contribution in [3.05, 3.63) is 155 Å². The van der Waals surface area contributed by atoms with Crippen LogP contribution < -0.4 is 5.32 Å². The van der Waals surface area contributed by atoms with Crippen LogP contribution >= 0.6 is 0 Å². The van der Waals surface area contributed by atoms with Gasteiger partial charge in [-0.2, -0.15) is 5.26 Å². The van der Waals surface area contributed by atoms with Crippen LogP contribution in [0.15, 0.2) is 136 Å². The van der Waals surface area contributed by atoms with Crippen LogP contribution in [0.25, 0.3) is 21.9 Å². The van der Waals surface area contributed by atoms with Crippen LogP contribution in [0.4, 0.5) is 0 Å². The van der Waals surface area contributed by atoms with Crippen molar-refractivity contribution in [2.75, 3.05) is 0 Å². The van der Waals surface area contributed by atoms with Gasteiger partial charge in [-0.1, -0.05) is 111 Å². The number of nitriles is 1. The quantitative estimate of drug-likeness (QED) is 0.226. The summed E-state index contributed by atoms with van der Waals surface area (Å²) in [6.45, 7) is 4.54. The minimum atomic E-state index is -0.390. The van der Waals surface area contributed by atoms with Crippen molar-refractivity contribution in [2.24, 2.45) is 20.9 Å². The van der Waals surface area contributed by atoms with Gasteiger partial charge in [-0.15, -0.1) is 0 Å². The van der Waals surface area contributed by atoms with Crippen LogP contribution in [0.5, 0.6) is 0 Å². The Morgan fingerprint density at radius 2 is 1.63 bits per heavy atom. The number of hydrogen-bond donors (Lipinski definition) is 1. The molecule has 222 valence electrons. The maximum atomic E-state index is 9.70. The molecule has 3 aliphatic rings. The summed E-state index contributed by atoms with van der Waals surface area (Å²) < 4.78 is 0. The van der Waals surface area contributed by atoms with Crippen LogP contribution in [0.2, 0.25) is 0 Å². The zero-order valence-electron chi connectivity index (χ0n) is 25.9. The Morgan fingerprint density at radius 1 is 0.804 bits per heavy atom. The van der Waals surface area contributed by atoms with Crippen LogP contribution in [-0.2, 0) is 11.8 Å². The number of nitrogens with zero attached hydrogens (tertiary/aromatic N) is 4. The van der Waals surface area contributed by atoms with Gasteiger partial charge in [0.05, 0.1) is 23.3 Å². The van der Waals surface area contributed by atoms with Crippen molar-refractivity contribution in [2.45, 2.75) is 38.3 Å². The second kappa shape index (κ2) is 11.1. The van der Waals surface area contributed by atoms with E-state index >= 15 is 0 Å². The summed E-state index contributed by atoms with van der Waals surface area (Å²) in [5.41, 5.74) is 9.67. The van der Waals surface area contributed by atoms with E-state index in [4.69, 9.17) is 15.0 Å². The molecule has 1 aliphatic carbocycles. The van der Waals surface area contributed by atoms with Crippen molar-refractivity contribution < 1.29 is 0 Å². The third kappa shape index (κ3) is 4.83. The van der Waals surface area contributed by atoms with Crippen LogP contribution in [-0.4, -0.2) is 17.4 Å². The minimum Gasteiger partial charge on any atom is -0.328 e. The second-order valence-corrected chi connectivity index (χ2v) is 12.9. The Hall–Kier alpha value is -5.60. The summed E-state index contributed by atoms with van der Waals surface area (Å²) in [5.74, 6) is 1.58. The number of fused-ring (bicyclic) bond motifs is 4. The first-order valence-corrected chi connectivity index (χ1v) is 15.9. The molecule has 5 heteroatoms. The fourth-order valence-electron chi connectivity index (χ4n) is 7.18. The molecule has 2 unspecified atom stereocenters. The van der Waals surface area contributed by atoms with E-state index in [1.54, 1.807) is 0 Å². The number of aliphatic imine (C=N–C) groups is 3. The highest BCUT2D eigenvalue weighted by Gasteiger charge is 2.36. The molecule has 0 bridgehead atoms. The van der Waals surface area contributed by atoms with Gasteiger partial charge in [0.1, 0.15) is 11.7 Å². The number of benzene rings is 5. The Labute approximate surface area is 269 Å². The fourth-order valence-corrected chi connectivity index (χ4v) is 7.18. The van der Waals surface area contributed by atoms with Crippen molar-refractivity contribution >= 4 is 28.2 Å². The number of amidine groups is 2. The molecule has 0 aromatic heterocycles. The minimum absolute atomic E-state index is 0.0922. The molecule has 0 saturated carbocycles. The first kappa shape index (κ1) is 27.9. The first-order valence-electron chi connectivity index (χ1n) is 15.9. The van der Waals surface area contributed by atoms with Crippen molar-refractivity contribution in [3.63, 3.8) is 0 Å². The van der Waals surface area contributed by atoms with E-state index in [0.29, 0.717) is 5.56 Å². The van der Waals surface area contributed by atoms with Gasteiger partial charge in [0.25, 0.3) is 0 Å². The summed E-state index contributed by atoms with van der Waals surface area (Å²) in [6, 6.07) is 40.2. The molecular formula is C41H33N5. The second-order valence-electron chi connectivity index (χ2n) is 12.9. The molecule has 46 heavy (non-hydrogen) atoms. The molecule has 8 rings (SSSR count). The Morgan fingerprint density at radius 3 is 2.48 bits per heavy atom. The summed E-state index contributed by atoms with van der Waals surface area (Å²) in [7, 11) is 0. The third-order valence-corrected chi connectivity index (χ3v) is 9.44. The van der Waals surface area contributed by atoms with Crippen LogP contribution in [0.1, 0.15) is 59.8 Å². The Bertz CT molecular complexity index is 2180. The molecule has 2 heterocycles. The summed E-state index contributed by atoms with van der Waals surface area (Å²) in [4.78, 5) is 15.5. The van der Waals surface area contributed by atoms with Gasteiger partial charge >= 0.3 is 0 Å². The highest BCUT2D eigenvalue weighted by molar-refractivity contribution is 6.22. The molecule has 5 nitrogen and oxygen atoms in total. The molecule has 0 radical (unpaired) electrons. The molecule has 1 N–H and O–H groups in total. The van der Waals surface area contributed by atoms with Gasteiger partial charge in [0.2, 0.25) is 0 Å². The van der Waals surface area contributed by atoms with E-state index in [1.807, 2.05) is 30.5 Å². The van der Waals surface area contributed by atoms with Crippen molar-refractivity contribution in [3.8, 4) is 17.2 Å². The van der Waals surface area contributed by atoms with Crippen LogP contribution in [0, 0.1) is 17.2 Å². The van der Waals surface area contributed by atoms with E-state index in [2.05, 4.69) is 116 Å². The molecule has 0 fully saturated rings. The summed E-state index contributed by atoms with van der Waals surface area (Å²) in [6.07, 6.45) is 5.32. The lowest BCUT2D eigenvalue weighted by molar-refractivity contribution is 0.517. The lowest BCUT2D eigenvalue weighted by Crippen LogP contribution is -2.43. The average Bonchev–Trinajstić information content (AvgIpc) is 3.11. The van der Waals surface area contributed by atoms with E-state index in [0.717, 1.165) is 46.9 Å². The zero-order chi connectivity index (χ0) is 31.3. The third-order valence-electron chi connectivity index (χ3n) is 9.44. The number of allylic oxidation sites excluding steroid dienone is 1. The maximum absolute atomic E-state index is 9.70. The standard InChI is InChI=1S/C41H33N5/c1-41(2)24-31-14-8-15-33(36(31)32-20-17-26(25-42)22-35(32)41)37-34(16-9-21-43-37)40-45-38(28-11-4-3-5-12-28)44-39(46-40)30-19-18-27-10-6-7-13-29(27)23-30/h3-15,17-23,34,39H,16,24H2,1-2H3,(H,44,45,46). The van der Waals surface area contributed by atoms with Crippen LogP contribution in [0.3, 0.4) is 0 Å². The Kier molecular flexibility index (Phi) is 6.73. The lowest BCUT2D eigenvalue weighted by atomic mass is 9.68. The van der Waals surface area contributed by atoms with Gasteiger partial charge in [-0.05, 0) is 75.0 Å². The van der Waals surface area contributed by atoms with E-state index in [1.165, 1.54) is 33.0 Å². The highest BCUT2D eigenvalue weighted by Crippen LogP contribution is 2.46. The largest absolute Gasteiger partial charge is 0.328 e. The predicted molar refractivity (Wildman–Crippen MR) is 187 cm³/mol. The molecule has 0 amide bonds. The van der Waals surface area contributed by atoms with Crippen molar-refractivity contribution in [1.29, 1.82) is 5.26 Å². The zero-order valence-corrected chi connectivity index (χ0v) is 25.9. The normalized spacial score (nSPS) is 19.5. The molecule has 5 aromatic carbocycles. The monoisotopic (exact) mass is 595 g/mol. The number of rotatable bonds is 4. The predicted octanol–water partition coefficient (Wildman–Crippen LogP) is 8.68. The summed E-state index contributed by atoms with van der Waals surface area (Å²) in [5, 5.41) is 15.7. The van der Waals surface area contributed by atoms with Gasteiger partial charge < -0.3 is 5.32 Å². The van der Waals surface area contributed by atoms with Gasteiger partial charge in [-0.3, -0.25) is 4.99 Å². The maximum Gasteiger partial charge on any atom is 0.169 e. The fraction of sp³-hybridized carbons (Fsp3) is 0.171. The van der Waals surface area contributed by atoms with Gasteiger partial charge in [-0.25, -0.2) is 9.98 Å². The Balaban J connectivity index is 1.25. The topological polar surface area (TPSA) is 72.9 Å². The number of hydrogen-bond acceptors (Lipinski definition) is 5. The number of nitrogens with one attached hydrogen (secondary N) is 1. The van der Waals surface area contributed by atoms with E-state index in [9.17, 15) is 5.26 Å². The molecular weight excluding hydrogens is 562 g/mol. The average molecular weight is 596 g/mol. The molecule has 0 spiro atoms. The smallest absolute Gasteiger partial charge is 0.169 e. The molecule has 0 saturated heterocycles. The van der Waals surface area contributed by atoms with E-state index in [-0.39, 0.29) is 17.5 Å². The molecule has 5 aromatic rings. The SMILES string of the molecule is CC1(C)Cc2cccc(C3=NC=CCC3C3=NC(c4ccc5ccccc5c4)N=C(c4ccccc4)N3)c2-c2ccc(C#N)cc21. The molecule has 2 aliphatic heterocycles. The van der Waals surface area contributed by atoms with Gasteiger partial charge in [0.15, 0.2) is 6.17 Å².